The molecule has 0 unspecified atom stereocenters. The van der Waals surface area contributed by atoms with Crippen molar-refractivity contribution in [1.29, 1.82) is 0 Å². The Labute approximate surface area is 152 Å². The number of ether oxygens (including phenoxy) is 1. The molecule has 0 bridgehead atoms. The fourth-order valence-corrected chi connectivity index (χ4v) is 2.80. The number of nitrogens with one attached hydrogen (secondary N) is 3. The zero-order chi connectivity index (χ0) is 19.0. The lowest BCUT2D eigenvalue weighted by Gasteiger charge is -2.06. The van der Waals surface area contributed by atoms with Gasteiger partial charge in [0, 0.05) is 22.7 Å². The molecular weight excluding hydrogens is 348 g/mol. The first-order valence-electron chi connectivity index (χ1n) is 8.27. The van der Waals surface area contributed by atoms with Gasteiger partial charge in [-0.1, -0.05) is 0 Å². The normalized spacial score (nSPS) is 11.0. The van der Waals surface area contributed by atoms with Crippen molar-refractivity contribution >= 4 is 45.4 Å². The summed E-state index contributed by atoms with van der Waals surface area (Å²) in [6.07, 6.45) is 1.81. The predicted octanol–water partition coefficient (Wildman–Crippen LogP) is 2.45. The lowest BCUT2D eigenvalue weighted by atomic mass is 10.1. The van der Waals surface area contributed by atoms with Crippen molar-refractivity contribution in [3.63, 3.8) is 0 Å². The maximum atomic E-state index is 12.6. The summed E-state index contributed by atoms with van der Waals surface area (Å²) in [7, 11) is 0. The molecule has 0 radical (unpaired) electrons. The molecule has 0 spiro atoms. The summed E-state index contributed by atoms with van der Waals surface area (Å²) in [5.41, 5.74) is 7.71. The van der Waals surface area contributed by atoms with Crippen LogP contribution < -0.4 is 11.1 Å². The third kappa shape index (κ3) is 2.95. The number of H-pyrrole nitrogens is 2. The molecular formula is C18H16N6O3. The molecule has 0 saturated carbocycles. The fraction of sp³-hybridized carbons (Fsp3) is 0.111. The number of nitrogen functional groups attached to an aromatic ring is 1. The number of nitrogens with two attached hydrogens (primary N) is 1. The van der Waals surface area contributed by atoms with Gasteiger partial charge in [-0.25, -0.2) is 9.78 Å². The molecule has 0 fully saturated rings. The van der Waals surface area contributed by atoms with Gasteiger partial charge in [0.05, 0.1) is 12.0 Å². The summed E-state index contributed by atoms with van der Waals surface area (Å²) in [6, 6.07) is 8.70. The zero-order valence-electron chi connectivity index (χ0n) is 14.4. The molecule has 0 atom stereocenters. The minimum absolute atomic E-state index is 0.0281. The Balaban J connectivity index is 1.67. The number of carbonyl (C=O) groups excluding carboxylic acids is 2. The van der Waals surface area contributed by atoms with E-state index in [-0.39, 0.29) is 29.7 Å². The topological polar surface area (TPSA) is 139 Å². The zero-order valence-corrected chi connectivity index (χ0v) is 14.4. The number of amides is 1. The number of rotatable bonds is 4. The molecule has 0 aliphatic rings. The molecule has 0 aliphatic carbocycles. The van der Waals surface area contributed by atoms with E-state index in [1.165, 1.54) is 6.07 Å². The van der Waals surface area contributed by atoms with E-state index in [4.69, 9.17) is 10.5 Å². The Morgan fingerprint density at radius 3 is 2.93 bits per heavy atom. The van der Waals surface area contributed by atoms with Crippen LogP contribution in [0.15, 0.2) is 36.5 Å². The number of pyridine rings is 1. The smallest absolute Gasteiger partial charge is 0.341 e. The van der Waals surface area contributed by atoms with Crippen LogP contribution in [0, 0.1) is 0 Å². The van der Waals surface area contributed by atoms with Crippen LogP contribution in [0.2, 0.25) is 0 Å². The van der Waals surface area contributed by atoms with Gasteiger partial charge < -0.3 is 20.8 Å². The number of anilines is 2. The Hall–Kier alpha value is -3.88. The minimum Gasteiger partial charge on any atom is -0.462 e. The minimum atomic E-state index is -0.583. The number of nitrogens with zero attached hydrogens (tertiary/aromatic N) is 2. The summed E-state index contributed by atoms with van der Waals surface area (Å²) in [6.45, 7) is 1.91. The van der Waals surface area contributed by atoms with Crippen LogP contribution in [-0.2, 0) is 4.74 Å². The van der Waals surface area contributed by atoms with Crippen molar-refractivity contribution in [1.82, 2.24) is 20.2 Å². The monoisotopic (exact) mass is 364 g/mol. The quantitative estimate of drug-likeness (QED) is 0.410. The Morgan fingerprint density at radius 2 is 2.11 bits per heavy atom. The standard InChI is InChI=1S/C18H16N6O3/c1-2-27-18(26)11-8-12-15(21-14(11)19)23-24-16(12)22-17(25)10-3-4-13-9(7-10)5-6-20-13/h3-8,20H,2H2,1H3,(H4,19,21,22,23,24,25). The first kappa shape index (κ1) is 16.6. The number of carbonyl (C=O) groups is 2. The number of esters is 1. The summed E-state index contributed by atoms with van der Waals surface area (Å²) >= 11 is 0. The van der Waals surface area contributed by atoms with E-state index in [2.05, 4.69) is 25.5 Å². The highest BCUT2D eigenvalue weighted by atomic mass is 16.5. The molecule has 1 amide bonds. The summed E-state index contributed by atoms with van der Waals surface area (Å²) in [5, 5.41) is 10.9. The SMILES string of the molecule is CCOC(=O)c1cc2c(NC(=O)c3ccc4[nH]ccc4c3)n[nH]c2nc1N. The molecule has 136 valence electrons. The third-order valence-corrected chi connectivity index (χ3v) is 4.12. The largest absolute Gasteiger partial charge is 0.462 e. The second-order valence-corrected chi connectivity index (χ2v) is 5.84. The maximum absolute atomic E-state index is 12.6. The molecule has 9 heteroatoms. The molecule has 3 aromatic heterocycles. The maximum Gasteiger partial charge on any atom is 0.341 e. The van der Waals surface area contributed by atoms with Crippen molar-refractivity contribution in [3.05, 3.63) is 47.7 Å². The number of aromatic amines is 2. The van der Waals surface area contributed by atoms with Crippen LogP contribution >= 0.6 is 0 Å². The molecule has 9 nitrogen and oxygen atoms in total. The molecule has 27 heavy (non-hydrogen) atoms. The lowest BCUT2D eigenvalue weighted by molar-refractivity contribution is 0.0527. The van der Waals surface area contributed by atoms with Crippen molar-refractivity contribution in [2.24, 2.45) is 0 Å². The molecule has 0 aliphatic heterocycles. The molecule has 5 N–H and O–H groups in total. The number of benzene rings is 1. The highest BCUT2D eigenvalue weighted by molar-refractivity contribution is 6.10. The van der Waals surface area contributed by atoms with Crippen molar-refractivity contribution < 1.29 is 14.3 Å². The third-order valence-electron chi connectivity index (χ3n) is 4.12. The van der Waals surface area contributed by atoms with E-state index in [1.54, 1.807) is 25.3 Å². The van der Waals surface area contributed by atoms with Crippen LogP contribution in [0.5, 0.6) is 0 Å². The molecule has 1 aromatic carbocycles. The van der Waals surface area contributed by atoms with Gasteiger partial charge in [0.1, 0.15) is 11.4 Å². The summed E-state index contributed by atoms with van der Waals surface area (Å²) in [4.78, 5) is 31.8. The number of aromatic nitrogens is 4. The van der Waals surface area contributed by atoms with Crippen molar-refractivity contribution in [2.75, 3.05) is 17.7 Å². The predicted molar refractivity (Wildman–Crippen MR) is 101 cm³/mol. The highest BCUT2D eigenvalue weighted by Gasteiger charge is 2.18. The van der Waals surface area contributed by atoms with Gasteiger partial charge in [0.15, 0.2) is 11.5 Å². The van der Waals surface area contributed by atoms with E-state index < -0.39 is 5.97 Å². The van der Waals surface area contributed by atoms with E-state index >= 15 is 0 Å². The first-order chi connectivity index (χ1) is 13.1. The van der Waals surface area contributed by atoms with E-state index in [9.17, 15) is 9.59 Å². The number of hydrogen-bond acceptors (Lipinski definition) is 6. The summed E-state index contributed by atoms with van der Waals surface area (Å²) < 4.78 is 4.98. The average Bonchev–Trinajstić information content (AvgIpc) is 3.27. The number of hydrogen-bond donors (Lipinski definition) is 4. The van der Waals surface area contributed by atoms with Crippen molar-refractivity contribution in [2.45, 2.75) is 6.92 Å². The Bertz CT molecular complexity index is 1180. The Kier molecular flexibility index (Phi) is 3.96. The fourth-order valence-electron chi connectivity index (χ4n) is 2.80. The summed E-state index contributed by atoms with van der Waals surface area (Å²) in [5.74, 6) is -0.635. The van der Waals surface area contributed by atoms with Crippen LogP contribution in [0.3, 0.4) is 0 Å². The van der Waals surface area contributed by atoms with Gasteiger partial charge in [-0.15, -0.1) is 0 Å². The van der Waals surface area contributed by atoms with Crippen LogP contribution in [-0.4, -0.2) is 38.6 Å². The van der Waals surface area contributed by atoms with E-state index in [1.807, 2.05) is 12.1 Å². The second-order valence-electron chi connectivity index (χ2n) is 5.84. The lowest BCUT2D eigenvalue weighted by Crippen LogP contribution is -2.13. The van der Waals surface area contributed by atoms with Gasteiger partial charge >= 0.3 is 5.97 Å². The molecule has 4 aromatic rings. The van der Waals surface area contributed by atoms with E-state index in [0.29, 0.717) is 16.6 Å². The van der Waals surface area contributed by atoms with Gasteiger partial charge in [-0.3, -0.25) is 9.89 Å². The van der Waals surface area contributed by atoms with E-state index in [0.717, 1.165) is 10.9 Å². The average molecular weight is 364 g/mol. The van der Waals surface area contributed by atoms with Gasteiger partial charge in [-0.05, 0) is 37.3 Å². The first-order valence-corrected chi connectivity index (χ1v) is 8.27. The molecule has 3 heterocycles. The van der Waals surface area contributed by atoms with Gasteiger partial charge in [0.25, 0.3) is 5.91 Å². The van der Waals surface area contributed by atoms with Crippen molar-refractivity contribution in [3.8, 4) is 0 Å². The highest BCUT2D eigenvalue weighted by Crippen LogP contribution is 2.24. The van der Waals surface area contributed by atoms with Crippen LogP contribution in [0.4, 0.5) is 11.6 Å². The van der Waals surface area contributed by atoms with Crippen LogP contribution in [0.1, 0.15) is 27.6 Å². The molecule has 4 rings (SSSR count). The van der Waals surface area contributed by atoms with Crippen LogP contribution in [0.25, 0.3) is 21.9 Å². The Morgan fingerprint density at radius 1 is 1.26 bits per heavy atom. The second kappa shape index (κ2) is 6.45. The number of fused-ring (bicyclic) bond motifs is 2. The van der Waals surface area contributed by atoms with Gasteiger partial charge in [-0.2, -0.15) is 5.10 Å². The van der Waals surface area contributed by atoms with Gasteiger partial charge in [0.2, 0.25) is 0 Å². The molecule has 0 saturated heterocycles.